The van der Waals surface area contributed by atoms with Crippen LogP contribution in [0.2, 0.25) is 0 Å². The van der Waals surface area contributed by atoms with Crippen molar-refractivity contribution < 1.29 is 9.90 Å². The number of carboxylic acid groups (broad SMARTS) is 1. The monoisotopic (exact) mass is 319 g/mol. The van der Waals surface area contributed by atoms with Crippen LogP contribution in [-0.4, -0.2) is 21.0 Å². The van der Waals surface area contributed by atoms with Crippen molar-refractivity contribution in [2.75, 3.05) is 5.32 Å². The Bertz CT molecular complexity index is 768. The van der Waals surface area contributed by atoms with Crippen LogP contribution in [0.25, 0.3) is 10.2 Å². The van der Waals surface area contributed by atoms with Crippen molar-refractivity contribution in [3.05, 3.63) is 39.7 Å². The van der Waals surface area contributed by atoms with Crippen molar-refractivity contribution in [2.24, 2.45) is 0 Å². The van der Waals surface area contributed by atoms with E-state index in [4.69, 9.17) is 0 Å². The maximum atomic E-state index is 11.5. The van der Waals surface area contributed by atoms with E-state index in [1.165, 1.54) is 22.5 Å². The van der Waals surface area contributed by atoms with Gasteiger partial charge in [0.1, 0.15) is 17.0 Å². The second kappa shape index (κ2) is 5.79. The molecule has 0 radical (unpaired) electrons. The zero-order valence-corrected chi connectivity index (χ0v) is 12.9. The molecule has 0 aliphatic heterocycles. The zero-order valence-electron chi connectivity index (χ0n) is 11.2. The van der Waals surface area contributed by atoms with Crippen molar-refractivity contribution in [3.8, 4) is 0 Å². The normalized spacial score (nSPS) is 12.4. The third-order valence-electron chi connectivity index (χ3n) is 3.08. The van der Waals surface area contributed by atoms with Crippen molar-refractivity contribution in [1.82, 2.24) is 9.97 Å². The van der Waals surface area contributed by atoms with Crippen LogP contribution in [0, 0.1) is 0 Å². The van der Waals surface area contributed by atoms with E-state index in [0.29, 0.717) is 5.82 Å². The molecule has 7 heteroatoms. The highest BCUT2D eigenvalue weighted by atomic mass is 32.1. The molecule has 0 saturated carbocycles. The quantitative estimate of drug-likeness (QED) is 0.752. The molecule has 3 heterocycles. The second-order valence-electron chi connectivity index (χ2n) is 4.44. The molecule has 0 aliphatic rings. The number of hydrogen-bond donors (Lipinski definition) is 2. The summed E-state index contributed by atoms with van der Waals surface area (Å²) in [6.07, 6.45) is 2.39. The summed E-state index contributed by atoms with van der Waals surface area (Å²) in [5, 5.41) is 15.2. The molecule has 0 fully saturated rings. The van der Waals surface area contributed by atoms with Gasteiger partial charge in [0, 0.05) is 9.75 Å². The predicted octanol–water partition coefficient (Wildman–Crippen LogP) is 3.55. The third-order valence-corrected chi connectivity index (χ3v) is 5.21. The van der Waals surface area contributed by atoms with E-state index < -0.39 is 12.0 Å². The molecule has 3 rings (SSSR count). The Morgan fingerprint density at radius 1 is 1.48 bits per heavy atom. The summed E-state index contributed by atoms with van der Waals surface area (Å²) in [6, 6.07) is 4.87. The first-order valence-corrected chi connectivity index (χ1v) is 8.14. The lowest BCUT2D eigenvalue weighted by molar-refractivity contribution is -0.138. The van der Waals surface area contributed by atoms with E-state index in [-0.39, 0.29) is 0 Å². The highest BCUT2D eigenvalue weighted by molar-refractivity contribution is 7.18. The lowest BCUT2D eigenvalue weighted by atomic mass is 10.2. The van der Waals surface area contributed by atoms with Crippen molar-refractivity contribution in [2.45, 2.75) is 19.4 Å². The first kappa shape index (κ1) is 14.0. The minimum absolute atomic E-state index is 0.566. The summed E-state index contributed by atoms with van der Waals surface area (Å²) >= 11 is 3.02. The van der Waals surface area contributed by atoms with Gasteiger partial charge in [-0.2, -0.15) is 0 Å². The number of carbonyl (C=O) groups is 1. The molecule has 108 valence electrons. The summed E-state index contributed by atoms with van der Waals surface area (Å²) in [4.78, 5) is 22.8. The fourth-order valence-electron chi connectivity index (χ4n) is 2.04. The summed E-state index contributed by atoms with van der Waals surface area (Å²) in [7, 11) is 0. The minimum atomic E-state index is -0.921. The van der Waals surface area contributed by atoms with Gasteiger partial charge in [0.2, 0.25) is 0 Å². The molecule has 0 aromatic carbocycles. The van der Waals surface area contributed by atoms with E-state index in [1.54, 1.807) is 17.4 Å². The van der Waals surface area contributed by atoms with Gasteiger partial charge in [0.25, 0.3) is 0 Å². The van der Waals surface area contributed by atoms with Crippen LogP contribution in [0.15, 0.2) is 29.9 Å². The van der Waals surface area contributed by atoms with Gasteiger partial charge in [-0.15, -0.1) is 22.7 Å². The van der Waals surface area contributed by atoms with E-state index in [1.807, 2.05) is 17.5 Å². The minimum Gasteiger partial charge on any atom is -0.479 e. The largest absolute Gasteiger partial charge is 0.479 e. The van der Waals surface area contributed by atoms with Gasteiger partial charge in [-0.05, 0) is 23.9 Å². The maximum Gasteiger partial charge on any atom is 0.331 e. The first-order chi connectivity index (χ1) is 10.2. The Morgan fingerprint density at radius 2 is 2.33 bits per heavy atom. The lowest BCUT2D eigenvalue weighted by Gasteiger charge is -2.13. The summed E-state index contributed by atoms with van der Waals surface area (Å²) < 4.78 is 0. The number of thiophene rings is 2. The molecule has 0 amide bonds. The van der Waals surface area contributed by atoms with Crippen molar-refractivity contribution >= 4 is 44.7 Å². The van der Waals surface area contributed by atoms with Crippen LogP contribution < -0.4 is 5.32 Å². The molecule has 0 saturated heterocycles. The van der Waals surface area contributed by atoms with E-state index >= 15 is 0 Å². The molecule has 1 unspecified atom stereocenters. The zero-order chi connectivity index (χ0) is 14.8. The van der Waals surface area contributed by atoms with Crippen LogP contribution in [0.1, 0.15) is 22.7 Å². The van der Waals surface area contributed by atoms with Crippen molar-refractivity contribution in [1.29, 1.82) is 0 Å². The van der Waals surface area contributed by atoms with Crippen molar-refractivity contribution in [3.63, 3.8) is 0 Å². The molecule has 3 aromatic heterocycles. The Balaban J connectivity index is 2.00. The molecule has 21 heavy (non-hydrogen) atoms. The molecule has 0 bridgehead atoms. The number of anilines is 1. The van der Waals surface area contributed by atoms with Crippen LogP contribution in [0.5, 0.6) is 0 Å². The predicted molar refractivity (Wildman–Crippen MR) is 85.1 cm³/mol. The third kappa shape index (κ3) is 2.74. The van der Waals surface area contributed by atoms with Crippen LogP contribution >= 0.6 is 22.7 Å². The fraction of sp³-hybridized carbons (Fsp3) is 0.214. The molecule has 2 N–H and O–H groups in total. The Kier molecular flexibility index (Phi) is 3.85. The van der Waals surface area contributed by atoms with Crippen LogP contribution in [0.3, 0.4) is 0 Å². The molecule has 1 atom stereocenters. The number of carboxylic acids is 1. The number of hydrogen-bond acceptors (Lipinski definition) is 6. The summed E-state index contributed by atoms with van der Waals surface area (Å²) in [5.74, 6) is -0.355. The van der Waals surface area contributed by atoms with E-state index in [0.717, 1.165) is 21.5 Å². The van der Waals surface area contributed by atoms with Crippen LogP contribution in [-0.2, 0) is 11.2 Å². The van der Waals surface area contributed by atoms with E-state index in [9.17, 15) is 9.90 Å². The standard InChI is InChI=1S/C14H13N3O2S2/c1-2-8-6-9-12(15-7-16-13(9)21-8)17-11(14(18)19)10-4-3-5-20-10/h3-7,11H,2H2,1H3,(H,18,19)(H,15,16,17). The van der Waals surface area contributed by atoms with Gasteiger partial charge in [0.05, 0.1) is 5.39 Å². The number of nitrogens with zero attached hydrogens (tertiary/aromatic N) is 2. The second-order valence-corrected chi connectivity index (χ2v) is 6.53. The van der Waals surface area contributed by atoms with Gasteiger partial charge < -0.3 is 10.4 Å². The topological polar surface area (TPSA) is 75.1 Å². The van der Waals surface area contributed by atoms with Gasteiger partial charge in [-0.1, -0.05) is 13.0 Å². The number of aromatic nitrogens is 2. The Labute approximate surface area is 129 Å². The van der Waals surface area contributed by atoms with Gasteiger partial charge in [-0.3, -0.25) is 0 Å². The number of nitrogens with one attached hydrogen (secondary N) is 1. The highest BCUT2D eigenvalue weighted by Crippen LogP contribution is 2.31. The number of fused-ring (bicyclic) bond motifs is 1. The SMILES string of the molecule is CCc1cc2c(NC(C(=O)O)c3cccs3)ncnc2s1. The average Bonchev–Trinajstić information content (AvgIpc) is 3.13. The maximum absolute atomic E-state index is 11.5. The molecule has 0 aliphatic carbocycles. The molecular formula is C14H13N3O2S2. The van der Waals surface area contributed by atoms with Crippen LogP contribution in [0.4, 0.5) is 5.82 Å². The first-order valence-electron chi connectivity index (χ1n) is 6.45. The number of aryl methyl sites for hydroxylation is 1. The highest BCUT2D eigenvalue weighted by Gasteiger charge is 2.22. The molecule has 5 nitrogen and oxygen atoms in total. The average molecular weight is 319 g/mol. The van der Waals surface area contributed by atoms with Gasteiger partial charge in [0.15, 0.2) is 6.04 Å². The molecular weight excluding hydrogens is 306 g/mol. The smallest absolute Gasteiger partial charge is 0.331 e. The number of aliphatic carboxylic acids is 1. The fourth-order valence-corrected chi connectivity index (χ4v) is 3.74. The van der Waals surface area contributed by atoms with E-state index in [2.05, 4.69) is 22.2 Å². The summed E-state index contributed by atoms with van der Waals surface area (Å²) in [6.45, 7) is 2.08. The molecule has 0 spiro atoms. The summed E-state index contributed by atoms with van der Waals surface area (Å²) in [5.41, 5.74) is 0. The van der Waals surface area contributed by atoms with Gasteiger partial charge in [-0.25, -0.2) is 14.8 Å². The lowest BCUT2D eigenvalue weighted by Crippen LogP contribution is -2.20. The Morgan fingerprint density at radius 3 is 3.00 bits per heavy atom. The molecule has 3 aromatic rings. The van der Waals surface area contributed by atoms with Gasteiger partial charge >= 0.3 is 5.97 Å². The number of rotatable bonds is 5. The Hall–Kier alpha value is -1.99.